The first-order valence-corrected chi connectivity index (χ1v) is 6.34. The number of benzene rings is 1. The van der Waals surface area contributed by atoms with Gasteiger partial charge < -0.3 is 15.0 Å². The Labute approximate surface area is 121 Å². The molecule has 0 amide bonds. The summed E-state index contributed by atoms with van der Waals surface area (Å²) in [6.45, 7) is 1.26. The fraction of sp³-hybridized carbons (Fsp3) is 0.462. The number of methoxy groups -OCH3 is 1. The van der Waals surface area contributed by atoms with Gasteiger partial charge in [0.25, 0.3) is 5.69 Å². The van der Waals surface area contributed by atoms with Gasteiger partial charge in [-0.3, -0.25) is 10.1 Å². The molecule has 0 saturated carbocycles. The second-order valence-corrected chi connectivity index (χ2v) is 4.45. The van der Waals surface area contributed by atoms with Gasteiger partial charge >= 0.3 is 5.97 Å². The number of carbonyl (C=O) groups is 1. The van der Waals surface area contributed by atoms with Crippen LogP contribution in [0.4, 0.5) is 15.8 Å². The third kappa shape index (κ3) is 4.12. The van der Waals surface area contributed by atoms with E-state index in [9.17, 15) is 19.3 Å². The molecule has 8 heteroatoms. The zero-order chi connectivity index (χ0) is 16.0. The molecule has 116 valence electrons. The third-order valence-electron chi connectivity index (χ3n) is 3.00. The van der Waals surface area contributed by atoms with Crippen molar-refractivity contribution in [1.82, 2.24) is 5.32 Å². The summed E-state index contributed by atoms with van der Waals surface area (Å²) in [5.41, 5.74) is -0.524. The molecule has 1 rings (SSSR count). The van der Waals surface area contributed by atoms with Crippen LogP contribution in [0.5, 0.6) is 0 Å². The van der Waals surface area contributed by atoms with Crippen molar-refractivity contribution < 1.29 is 18.8 Å². The van der Waals surface area contributed by atoms with Gasteiger partial charge in [0.15, 0.2) is 0 Å². The largest absolute Gasteiger partial charge is 0.465 e. The molecule has 0 aliphatic heterocycles. The predicted octanol–water partition coefficient (Wildman–Crippen LogP) is 1.57. The number of anilines is 1. The maximum Gasteiger partial charge on any atom is 0.340 e. The van der Waals surface area contributed by atoms with Crippen LogP contribution in [0.15, 0.2) is 12.1 Å². The van der Waals surface area contributed by atoms with Gasteiger partial charge in [-0.25, -0.2) is 9.18 Å². The van der Waals surface area contributed by atoms with Crippen LogP contribution in [-0.2, 0) is 4.74 Å². The summed E-state index contributed by atoms with van der Waals surface area (Å²) in [5.74, 6) is -1.84. The molecule has 0 heterocycles. The average molecular weight is 299 g/mol. The minimum Gasteiger partial charge on any atom is -0.465 e. The Balaban J connectivity index is 3.19. The fourth-order valence-corrected chi connectivity index (χ4v) is 1.88. The lowest BCUT2D eigenvalue weighted by molar-refractivity contribution is -0.384. The van der Waals surface area contributed by atoms with Gasteiger partial charge in [-0.05, 0) is 26.1 Å². The van der Waals surface area contributed by atoms with Crippen molar-refractivity contribution in [3.63, 3.8) is 0 Å². The summed E-state index contributed by atoms with van der Waals surface area (Å²) >= 11 is 0. The van der Waals surface area contributed by atoms with Crippen LogP contribution < -0.4 is 10.2 Å². The highest BCUT2D eigenvalue weighted by Crippen LogP contribution is 2.30. The molecular weight excluding hydrogens is 281 g/mol. The Bertz CT molecular complexity index is 536. The molecule has 1 aromatic rings. The number of hydrogen-bond acceptors (Lipinski definition) is 6. The third-order valence-corrected chi connectivity index (χ3v) is 3.00. The van der Waals surface area contributed by atoms with E-state index in [2.05, 4.69) is 10.1 Å². The lowest BCUT2D eigenvalue weighted by Crippen LogP contribution is -2.23. The Morgan fingerprint density at radius 1 is 1.52 bits per heavy atom. The minimum absolute atomic E-state index is 0.179. The molecule has 0 saturated heterocycles. The van der Waals surface area contributed by atoms with Crippen molar-refractivity contribution in [1.29, 1.82) is 0 Å². The van der Waals surface area contributed by atoms with Crippen LogP contribution in [0, 0.1) is 15.9 Å². The number of nitro benzene ring substituents is 1. The lowest BCUT2D eigenvalue weighted by Gasteiger charge is -2.19. The summed E-state index contributed by atoms with van der Waals surface area (Å²) < 4.78 is 18.2. The normalized spacial score (nSPS) is 10.3. The van der Waals surface area contributed by atoms with E-state index in [4.69, 9.17) is 0 Å². The van der Waals surface area contributed by atoms with Crippen LogP contribution in [0.2, 0.25) is 0 Å². The SMILES string of the molecule is CNCCCN(C)c1cc(C(=O)OC)c(F)cc1[N+](=O)[O-]. The fourth-order valence-electron chi connectivity index (χ4n) is 1.88. The van der Waals surface area contributed by atoms with Crippen molar-refractivity contribution >= 4 is 17.3 Å². The molecule has 0 fully saturated rings. The summed E-state index contributed by atoms with van der Waals surface area (Å²) in [7, 11) is 4.58. The van der Waals surface area contributed by atoms with Crippen LogP contribution in [0.25, 0.3) is 0 Å². The van der Waals surface area contributed by atoms with Crippen molar-refractivity contribution in [3.8, 4) is 0 Å². The van der Waals surface area contributed by atoms with E-state index >= 15 is 0 Å². The minimum atomic E-state index is -0.971. The quantitative estimate of drug-likeness (QED) is 0.356. The van der Waals surface area contributed by atoms with Crippen molar-refractivity contribution in [2.75, 3.05) is 39.2 Å². The summed E-state index contributed by atoms with van der Waals surface area (Å²) in [6.07, 6.45) is 0.745. The average Bonchev–Trinajstić information content (AvgIpc) is 2.46. The smallest absolute Gasteiger partial charge is 0.340 e. The number of nitro groups is 1. The summed E-state index contributed by atoms with van der Waals surface area (Å²) in [5, 5.41) is 14.0. The van der Waals surface area contributed by atoms with Gasteiger partial charge in [0.2, 0.25) is 0 Å². The number of nitrogens with zero attached hydrogens (tertiary/aromatic N) is 2. The number of rotatable bonds is 7. The summed E-state index contributed by atoms with van der Waals surface area (Å²) in [4.78, 5) is 23.5. The van der Waals surface area contributed by atoms with Crippen LogP contribution in [0.1, 0.15) is 16.8 Å². The monoisotopic (exact) mass is 299 g/mol. The van der Waals surface area contributed by atoms with Gasteiger partial charge in [0.05, 0.1) is 23.7 Å². The standard InChI is InChI=1S/C13H18FN3O4/c1-15-5-4-6-16(2)11-7-9(13(18)21-3)10(14)8-12(11)17(19)20/h7-8,15H,4-6H2,1-3H3. The van der Waals surface area contributed by atoms with Gasteiger partial charge in [0, 0.05) is 13.6 Å². The zero-order valence-corrected chi connectivity index (χ0v) is 12.2. The molecule has 7 nitrogen and oxygen atoms in total. The molecule has 1 N–H and O–H groups in total. The van der Waals surface area contributed by atoms with Gasteiger partial charge in [-0.2, -0.15) is 0 Å². The van der Waals surface area contributed by atoms with Crippen LogP contribution >= 0.6 is 0 Å². The van der Waals surface area contributed by atoms with E-state index in [1.54, 1.807) is 19.0 Å². The molecule has 0 atom stereocenters. The Hall–Kier alpha value is -2.22. The molecule has 21 heavy (non-hydrogen) atoms. The van der Waals surface area contributed by atoms with E-state index in [1.165, 1.54) is 0 Å². The Morgan fingerprint density at radius 3 is 2.71 bits per heavy atom. The number of halogens is 1. The van der Waals surface area contributed by atoms with E-state index < -0.39 is 16.7 Å². The van der Waals surface area contributed by atoms with E-state index in [0.717, 1.165) is 32.2 Å². The topological polar surface area (TPSA) is 84.7 Å². The molecule has 0 spiro atoms. The van der Waals surface area contributed by atoms with Crippen molar-refractivity contribution in [3.05, 3.63) is 33.6 Å². The molecule has 0 aliphatic rings. The van der Waals surface area contributed by atoms with Crippen molar-refractivity contribution in [2.24, 2.45) is 0 Å². The lowest BCUT2D eigenvalue weighted by atomic mass is 10.1. The molecular formula is C13H18FN3O4. The number of hydrogen-bond donors (Lipinski definition) is 1. The Morgan fingerprint density at radius 2 is 2.19 bits per heavy atom. The maximum absolute atomic E-state index is 13.8. The van der Waals surface area contributed by atoms with Crippen LogP contribution in [-0.4, -0.2) is 45.2 Å². The van der Waals surface area contributed by atoms with Crippen LogP contribution in [0.3, 0.4) is 0 Å². The molecule has 0 radical (unpaired) electrons. The highest BCUT2D eigenvalue weighted by Gasteiger charge is 2.24. The first-order chi connectivity index (χ1) is 9.92. The van der Waals surface area contributed by atoms with Gasteiger partial charge in [-0.1, -0.05) is 0 Å². The second kappa shape index (κ2) is 7.53. The summed E-state index contributed by atoms with van der Waals surface area (Å²) in [6, 6.07) is 1.90. The highest BCUT2D eigenvalue weighted by molar-refractivity contribution is 5.92. The van der Waals surface area contributed by atoms with Gasteiger partial charge in [0.1, 0.15) is 11.5 Å². The molecule has 0 bridgehead atoms. The predicted molar refractivity (Wildman–Crippen MR) is 76.2 cm³/mol. The van der Waals surface area contributed by atoms with Crippen molar-refractivity contribution in [2.45, 2.75) is 6.42 Å². The number of carbonyl (C=O) groups excluding carboxylic acids is 1. The number of ether oxygens (including phenoxy) is 1. The number of nitrogens with one attached hydrogen (secondary N) is 1. The van der Waals surface area contributed by atoms with E-state index in [-0.39, 0.29) is 16.9 Å². The first kappa shape index (κ1) is 16.8. The highest BCUT2D eigenvalue weighted by atomic mass is 19.1. The zero-order valence-electron chi connectivity index (χ0n) is 12.2. The molecule has 0 unspecified atom stereocenters. The van der Waals surface area contributed by atoms with E-state index in [1.807, 2.05) is 0 Å². The van der Waals surface area contributed by atoms with E-state index in [0.29, 0.717) is 6.54 Å². The molecule has 0 aromatic heterocycles. The maximum atomic E-state index is 13.8. The Kier molecular flexibility index (Phi) is 6.04. The number of esters is 1. The first-order valence-electron chi connectivity index (χ1n) is 6.34. The van der Waals surface area contributed by atoms with Gasteiger partial charge in [-0.15, -0.1) is 0 Å². The molecule has 0 aliphatic carbocycles. The second-order valence-electron chi connectivity index (χ2n) is 4.45. The molecule has 1 aromatic carbocycles.